The highest BCUT2D eigenvalue weighted by molar-refractivity contribution is 7.88. The van der Waals surface area contributed by atoms with E-state index in [2.05, 4.69) is 5.32 Å². The third-order valence-electron chi connectivity index (χ3n) is 6.24. The van der Waals surface area contributed by atoms with Crippen molar-refractivity contribution < 1.29 is 13.2 Å². The first-order chi connectivity index (χ1) is 15.9. The number of hydrogen-bond donors (Lipinski definition) is 1. The summed E-state index contributed by atoms with van der Waals surface area (Å²) in [6.45, 7) is 2.78. The second-order valence-corrected chi connectivity index (χ2v) is 10.6. The van der Waals surface area contributed by atoms with E-state index < -0.39 is 10.0 Å². The van der Waals surface area contributed by atoms with Gasteiger partial charge < -0.3 is 5.32 Å². The molecule has 1 aliphatic heterocycles. The van der Waals surface area contributed by atoms with Gasteiger partial charge in [0.1, 0.15) is 0 Å². The molecule has 0 aliphatic carbocycles. The van der Waals surface area contributed by atoms with Gasteiger partial charge in [-0.05, 0) is 36.5 Å². The Labute approximate surface area is 196 Å². The van der Waals surface area contributed by atoms with Crippen molar-refractivity contribution >= 4 is 15.9 Å². The number of piperidine rings is 1. The van der Waals surface area contributed by atoms with Crippen LogP contribution in [-0.2, 0) is 20.6 Å². The largest absolute Gasteiger partial charge is 0.345 e. The summed E-state index contributed by atoms with van der Waals surface area (Å²) in [5.74, 6) is -0.233. The van der Waals surface area contributed by atoms with Crippen LogP contribution in [0.15, 0.2) is 84.9 Å². The molecule has 1 aliphatic rings. The molecule has 6 heteroatoms. The van der Waals surface area contributed by atoms with Gasteiger partial charge in [0, 0.05) is 19.0 Å². The minimum absolute atomic E-state index is 0.00575. The van der Waals surface area contributed by atoms with E-state index in [1.807, 2.05) is 91.9 Å². The molecule has 33 heavy (non-hydrogen) atoms. The van der Waals surface area contributed by atoms with E-state index in [-0.39, 0.29) is 23.6 Å². The van der Waals surface area contributed by atoms with Crippen molar-refractivity contribution in [3.05, 3.63) is 107 Å². The predicted octanol–water partition coefficient (Wildman–Crippen LogP) is 4.44. The van der Waals surface area contributed by atoms with E-state index in [0.29, 0.717) is 25.9 Å². The lowest BCUT2D eigenvalue weighted by Gasteiger charge is -2.31. The highest BCUT2D eigenvalue weighted by atomic mass is 32.2. The fourth-order valence-electron chi connectivity index (χ4n) is 4.30. The van der Waals surface area contributed by atoms with Gasteiger partial charge in [-0.3, -0.25) is 4.79 Å². The second kappa shape index (κ2) is 10.3. The zero-order chi connectivity index (χ0) is 23.3. The number of amides is 1. The monoisotopic (exact) mass is 462 g/mol. The van der Waals surface area contributed by atoms with Crippen LogP contribution in [0.3, 0.4) is 0 Å². The van der Waals surface area contributed by atoms with Crippen molar-refractivity contribution in [3.63, 3.8) is 0 Å². The van der Waals surface area contributed by atoms with Crippen molar-refractivity contribution in [3.8, 4) is 0 Å². The molecule has 1 fully saturated rings. The lowest BCUT2D eigenvalue weighted by Crippen LogP contribution is -2.44. The number of sulfonamides is 1. The Morgan fingerprint density at radius 2 is 1.42 bits per heavy atom. The van der Waals surface area contributed by atoms with Crippen molar-refractivity contribution in [2.75, 3.05) is 13.1 Å². The molecule has 1 atom stereocenters. The molecule has 0 bridgehead atoms. The van der Waals surface area contributed by atoms with E-state index in [1.165, 1.54) is 9.87 Å². The summed E-state index contributed by atoms with van der Waals surface area (Å²) >= 11 is 0. The maximum absolute atomic E-state index is 13.2. The second-order valence-electron chi connectivity index (χ2n) is 8.68. The van der Waals surface area contributed by atoms with Crippen LogP contribution in [0, 0.1) is 12.8 Å². The average molecular weight is 463 g/mol. The third-order valence-corrected chi connectivity index (χ3v) is 8.09. The van der Waals surface area contributed by atoms with Crippen LogP contribution in [-0.4, -0.2) is 31.7 Å². The van der Waals surface area contributed by atoms with E-state index in [9.17, 15) is 13.2 Å². The number of benzene rings is 3. The maximum Gasteiger partial charge on any atom is 0.223 e. The standard InChI is InChI=1S/C27H30N2O3S/c1-21-12-14-24(15-13-21)26(23-10-6-3-7-11-23)28-27(30)25-16-18-29(19-17-25)33(31,32)20-22-8-4-2-5-9-22/h2-15,25-26H,16-20H2,1H3,(H,28,30)/t26-/m1/s1. The summed E-state index contributed by atoms with van der Waals surface area (Å²) in [4.78, 5) is 13.2. The predicted molar refractivity (Wildman–Crippen MR) is 131 cm³/mol. The molecule has 1 heterocycles. The number of rotatable bonds is 7. The molecule has 1 N–H and O–H groups in total. The van der Waals surface area contributed by atoms with Gasteiger partial charge in [-0.2, -0.15) is 0 Å². The topological polar surface area (TPSA) is 66.5 Å². The van der Waals surface area contributed by atoms with Crippen LogP contribution in [0.5, 0.6) is 0 Å². The minimum Gasteiger partial charge on any atom is -0.345 e. The highest BCUT2D eigenvalue weighted by Gasteiger charge is 2.32. The first kappa shape index (κ1) is 23.2. The summed E-state index contributed by atoms with van der Waals surface area (Å²) in [6, 6.07) is 27.1. The zero-order valence-corrected chi connectivity index (χ0v) is 19.7. The van der Waals surface area contributed by atoms with E-state index >= 15 is 0 Å². The van der Waals surface area contributed by atoms with Crippen LogP contribution in [0.2, 0.25) is 0 Å². The molecule has 5 nitrogen and oxygen atoms in total. The van der Waals surface area contributed by atoms with Crippen molar-refractivity contribution in [2.45, 2.75) is 31.6 Å². The van der Waals surface area contributed by atoms with Gasteiger partial charge in [0.25, 0.3) is 0 Å². The molecule has 0 unspecified atom stereocenters. The fraction of sp³-hybridized carbons (Fsp3) is 0.296. The Morgan fingerprint density at radius 1 is 0.879 bits per heavy atom. The van der Waals surface area contributed by atoms with Gasteiger partial charge in [0.05, 0.1) is 11.8 Å². The first-order valence-corrected chi connectivity index (χ1v) is 13.0. The zero-order valence-electron chi connectivity index (χ0n) is 18.9. The van der Waals surface area contributed by atoms with Crippen LogP contribution >= 0.6 is 0 Å². The molecule has 0 saturated carbocycles. The first-order valence-electron chi connectivity index (χ1n) is 11.4. The molecule has 1 amide bonds. The van der Waals surface area contributed by atoms with Gasteiger partial charge in [-0.15, -0.1) is 0 Å². The van der Waals surface area contributed by atoms with Crippen molar-refractivity contribution in [1.29, 1.82) is 0 Å². The number of carbonyl (C=O) groups excluding carboxylic acids is 1. The van der Waals surface area contributed by atoms with Gasteiger partial charge >= 0.3 is 0 Å². The molecule has 172 valence electrons. The summed E-state index contributed by atoms with van der Waals surface area (Å²) < 4.78 is 27.2. The lowest BCUT2D eigenvalue weighted by atomic mass is 9.94. The minimum atomic E-state index is -3.40. The number of hydrogen-bond acceptors (Lipinski definition) is 3. The van der Waals surface area contributed by atoms with E-state index in [1.54, 1.807) is 0 Å². The SMILES string of the molecule is Cc1ccc([C@H](NC(=O)C2CCN(S(=O)(=O)Cc3ccccc3)CC2)c2ccccc2)cc1. The summed E-state index contributed by atoms with van der Waals surface area (Å²) in [7, 11) is -3.40. The molecule has 3 aromatic rings. The van der Waals surface area contributed by atoms with E-state index in [0.717, 1.165) is 16.7 Å². The average Bonchev–Trinajstić information content (AvgIpc) is 2.84. The molecular formula is C27H30N2O3S. The number of nitrogens with zero attached hydrogens (tertiary/aromatic N) is 1. The summed E-state index contributed by atoms with van der Waals surface area (Å²) in [5, 5.41) is 3.23. The summed E-state index contributed by atoms with van der Waals surface area (Å²) in [5.41, 5.74) is 4.00. The Hall–Kier alpha value is -2.96. The molecule has 0 spiro atoms. The van der Waals surface area contributed by atoms with Crippen molar-refractivity contribution in [1.82, 2.24) is 9.62 Å². The highest BCUT2D eigenvalue weighted by Crippen LogP contribution is 2.26. The van der Waals surface area contributed by atoms with E-state index in [4.69, 9.17) is 0 Å². The van der Waals surface area contributed by atoms with Gasteiger partial charge in [0.15, 0.2) is 0 Å². The molecule has 3 aromatic carbocycles. The lowest BCUT2D eigenvalue weighted by molar-refractivity contribution is -0.126. The van der Waals surface area contributed by atoms with Gasteiger partial charge in [0.2, 0.25) is 15.9 Å². The Kier molecular flexibility index (Phi) is 7.26. The smallest absolute Gasteiger partial charge is 0.223 e. The van der Waals surface area contributed by atoms with Crippen LogP contribution in [0.4, 0.5) is 0 Å². The maximum atomic E-state index is 13.2. The number of carbonyl (C=O) groups is 1. The number of nitrogens with one attached hydrogen (secondary N) is 1. The molecule has 0 aromatic heterocycles. The molecule has 0 radical (unpaired) electrons. The van der Waals surface area contributed by atoms with Crippen molar-refractivity contribution in [2.24, 2.45) is 5.92 Å². The van der Waals surface area contributed by atoms with Crippen LogP contribution in [0.1, 0.15) is 41.1 Å². The molecule has 1 saturated heterocycles. The number of aryl methyl sites for hydroxylation is 1. The fourth-order valence-corrected chi connectivity index (χ4v) is 5.86. The Balaban J connectivity index is 1.41. The quantitative estimate of drug-likeness (QED) is 0.564. The van der Waals surface area contributed by atoms with Crippen LogP contribution < -0.4 is 5.32 Å². The third kappa shape index (κ3) is 5.89. The Morgan fingerprint density at radius 3 is 2.03 bits per heavy atom. The van der Waals surface area contributed by atoms with Gasteiger partial charge in [-0.25, -0.2) is 12.7 Å². The normalized spacial score (nSPS) is 16.3. The molecular weight excluding hydrogens is 432 g/mol. The Bertz CT molecular complexity index is 1160. The summed E-state index contributed by atoms with van der Waals surface area (Å²) in [6.07, 6.45) is 1.05. The van der Waals surface area contributed by atoms with Crippen LogP contribution in [0.25, 0.3) is 0 Å². The molecule has 4 rings (SSSR count). The van der Waals surface area contributed by atoms with Gasteiger partial charge in [-0.1, -0.05) is 90.5 Å².